The normalized spacial score (nSPS) is 15.3. The predicted octanol–water partition coefficient (Wildman–Crippen LogP) is 4.59. The van der Waals surface area contributed by atoms with Gasteiger partial charge >= 0.3 is 5.69 Å². The summed E-state index contributed by atoms with van der Waals surface area (Å²) in [6.07, 6.45) is 6.67. The van der Waals surface area contributed by atoms with Crippen LogP contribution in [-0.2, 0) is 7.05 Å². The molecule has 0 bridgehead atoms. The molecule has 2 aromatic heterocycles. The number of imidazole rings is 1. The van der Waals surface area contributed by atoms with Crippen LogP contribution in [0.25, 0.3) is 27.9 Å². The lowest BCUT2D eigenvalue weighted by atomic mass is 9.97. The van der Waals surface area contributed by atoms with Crippen LogP contribution < -0.4 is 15.9 Å². The fourth-order valence-electron chi connectivity index (χ4n) is 4.67. The van der Waals surface area contributed by atoms with Crippen molar-refractivity contribution in [1.82, 2.24) is 19.4 Å². The monoisotopic (exact) mass is 507 g/mol. The molecule has 0 spiro atoms. The van der Waals surface area contributed by atoms with Crippen molar-refractivity contribution in [3.05, 3.63) is 82.5 Å². The van der Waals surface area contributed by atoms with Gasteiger partial charge in [-0.3, -0.25) is 9.55 Å². The van der Waals surface area contributed by atoms with Gasteiger partial charge in [0.15, 0.2) is 0 Å². The van der Waals surface area contributed by atoms with E-state index in [2.05, 4.69) is 29.0 Å². The van der Waals surface area contributed by atoms with E-state index in [1.807, 2.05) is 6.07 Å². The van der Waals surface area contributed by atoms with Crippen LogP contribution in [0.5, 0.6) is 5.75 Å². The van der Waals surface area contributed by atoms with E-state index in [1.165, 1.54) is 21.3 Å². The van der Waals surface area contributed by atoms with Crippen LogP contribution in [0.3, 0.4) is 0 Å². The molecule has 0 amide bonds. The number of nitrogens with one attached hydrogen (secondary N) is 1. The number of pyridine rings is 1. The molecular formula is C27H27ClFN5O2. The van der Waals surface area contributed by atoms with Gasteiger partial charge in [0.25, 0.3) is 0 Å². The fourth-order valence-corrected chi connectivity index (χ4v) is 4.94. The highest BCUT2D eigenvalue weighted by atomic mass is 35.5. The number of hydrogen-bond donors (Lipinski definition) is 2. The second-order valence-corrected chi connectivity index (χ2v) is 10.1. The first-order chi connectivity index (χ1) is 17.1. The summed E-state index contributed by atoms with van der Waals surface area (Å²) >= 11 is 6.51. The molecule has 1 fully saturated rings. The largest absolute Gasteiger partial charge is 0.507 e. The minimum Gasteiger partial charge on any atom is -0.507 e. The smallest absolute Gasteiger partial charge is 0.332 e. The average molecular weight is 508 g/mol. The summed E-state index contributed by atoms with van der Waals surface area (Å²) in [5.41, 5.74) is 2.91. The van der Waals surface area contributed by atoms with Crippen LogP contribution in [0.2, 0.25) is 5.02 Å². The van der Waals surface area contributed by atoms with Gasteiger partial charge in [-0.05, 0) is 49.7 Å². The summed E-state index contributed by atoms with van der Waals surface area (Å²) in [4.78, 5) is 18.9. The molecule has 4 aromatic rings. The molecule has 186 valence electrons. The summed E-state index contributed by atoms with van der Waals surface area (Å²) in [5.74, 6) is -0.567. The minimum absolute atomic E-state index is 0.0429. The van der Waals surface area contributed by atoms with Gasteiger partial charge in [0.1, 0.15) is 11.6 Å². The third-order valence-corrected chi connectivity index (χ3v) is 6.81. The molecule has 7 nitrogen and oxygen atoms in total. The molecule has 0 aliphatic carbocycles. The van der Waals surface area contributed by atoms with Crippen molar-refractivity contribution in [2.24, 2.45) is 7.05 Å². The minimum atomic E-state index is -0.494. The molecule has 2 N–H and O–H groups in total. The maximum atomic E-state index is 14.8. The number of aryl methyl sites for hydroxylation is 1. The Bertz CT molecular complexity index is 1510. The maximum absolute atomic E-state index is 14.8. The van der Waals surface area contributed by atoms with E-state index in [-0.39, 0.29) is 17.0 Å². The van der Waals surface area contributed by atoms with E-state index in [4.69, 9.17) is 11.6 Å². The molecule has 2 aromatic carbocycles. The number of anilines is 1. The van der Waals surface area contributed by atoms with Crippen LogP contribution >= 0.6 is 11.6 Å². The predicted molar refractivity (Wildman–Crippen MR) is 141 cm³/mol. The Kier molecular flexibility index (Phi) is 6.10. The highest BCUT2D eigenvalue weighted by molar-refractivity contribution is 6.32. The van der Waals surface area contributed by atoms with Gasteiger partial charge in [0.05, 0.1) is 22.6 Å². The standard InChI is InChI=1S/C27H27ClFN5O2/c1-27(2)16-33(7-6-31-27)20-10-18(14-30-15-20)22-13-19(29)12-21(25(22)35)17-4-5-24(23(28)11-17)34-9-8-32(3)26(34)36/h4-5,8-15,31,35H,6-7,16H2,1-3H3. The third-order valence-electron chi connectivity index (χ3n) is 6.51. The van der Waals surface area contributed by atoms with Gasteiger partial charge in [-0.15, -0.1) is 0 Å². The first-order valence-electron chi connectivity index (χ1n) is 11.7. The number of phenols is 1. The van der Waals surface area contributed by atoms with Gasteiger partial charge < -0.3 is 19.9 Å². The number of piperazine rings is 1. The molecular weight excluding hydrogens is 481 g/mol. The second kappa shape index (κ2) is 9.11. The molecule has 1 aliphatic rings. The Morgan fingerprint density at radius 3 is 2.50 bits per heavy atom. The third kappa shape index (κ3) is 4.50. The van der Waals surface area contributed by atoms with Crippen molar-refractivity contribution in [3.8, 4) is 33.7 Å². The number of benzene rings is 2. The molecule has 5 rings (SSSR count). The maximum Gasteiger partial charge on any atom is 0.332 e. The fraction of sp³-hybridized carbons (Fsp3) is 0.259. The van der Waals surface area contributed by atoms with Crippen molar-refractivity contribution in [2.75, 3.05) is 24.5 Å². The van der Waals surface area contributed by atoms with E-state index in [0.29, 0.717) is 33.0 Å². The summed E-state index contributed by atoms with van der Waals surface area (Å²) in [6, 6.07) is 9.50. The van der Waals surface area contributed by atoms with Crippen molar-refractivity contribution in [2.45, 2.75) is 19.4 Å². The van der Waals surface area contributed by atoms with Crippen molar-refractivity contribution in [1.29, 1.82) is 0 Å². The molecule has 36 heavy (non-hydrogen) atoms. The van der Waals surface area contributed by atoms with Crippen molar-refractivity contribution in [3.63, 3.8) is 0 Å². The topological polar surface area (TPSA) is 75.3 Å². The number of phenolic OH excluding ortho intramolecular Hbond substituents is 1. The van der Waals surface area contributed by atoms with E-state index in [9.17, 15) is 14.3 Å². The van der Waals surface area contributed by atoms with Gasteiger partial charge in [-0.25, -0.2) is 9.18 Å². The van der Waals surface area contributed by atoms with E-state index >= 15 is 0 Å². The van der Waals surface area contributed by atoms with E-state index in [1.54, 1.807) is 50.0 Å². The Labute approximate surface area is 213 Å². The van der Waals surface area contributed by atoms with Gasteiger partial charge in [-0.1, -0.05) is 17.7 Å². The second-order valence-electron chi connectivity index (χ2n) is 9.74. The quantitative estimate of drug-likeness (QED) is 0.422. The van der Waals surface area contributed by atoms with Crippen molar-refractivity contribution >= 4 is 17.3 Å². The highest BCUT2D eigenvalue weighted by Gasteiger charge is 2.26. The Balaban J connectivity index is 1.54. The van der Waals surface area contributed by atoms with E-state index < -0.39 is 5.82 Å². The lowest BCUT2D eigenvalue weighted by Gasteiger charge is -2.40. The SMILES string of the molecule is Cn1ccn(-c2ccc(-c3cc(F)cc(-c4cncc(N5CCNC(C)(C)C5)c4)c3O)cc2Cl)c1=O. The number of aromatic nitrogens is 3. The number of nitrogens with zero attached hydrogens (tertiary/aromatic N) is 4. The molecule has 0 radical (unpaired) electrons. The Hall–Kier alpha value is -3.62. The number of rotatable bonds is 4. The highest BCUT2D eigenvalue weighted by Crippen LogP contribution is 2.41. The molecule has 0 unspecified atom stereocenters. The summed E-state index contributed by atoms with van der Waals surface area (Å²) < 4.78 is 17.7. The van der Waals surface area contributed by atoms with E-state index in [0.717, 1.165) is 25.3 Å². The zero-order valence-corrected chi connectivity index (χ0v) is 21.1. The summed E-state index contributed by atoms with van der Waals surface area (Å²) in [7, 11) is 1.65. The van der Waals surface area contributed by atoms with Gasteiger partial charge in [0.2, 0.25) is 0 Å². The van der Waals surface area contributed by atoms with Crippen LogP contribution in [0.15, 0.2) is 66.0 Å². The zero-order valence-electron chi connectivity index (χ0n) is 20.3. The number of hydrogen-bond acceptors (Lipinski definition) is 5. The van der Waals surface area contributed by atoms with Crippen LogP contribution in [-0.4, -0.2) is 44.4 Å². The zero-order chi connectivity index (χ0) is 25.6. The number of aromatic hydroxyl groups is 1. The van der Waals surface area contributed by atoms with Crippen LogP contribution in [0.1, 0.15) is 13.8 Å². The van der Waals surface area contributed by atoms with Crippen LogP contribution in [0, 0.1) is 5.82 Å². The number of halogens is 2. The Morgan fingerprint density at radius 2 is 1.83 bits per heavy atom. The summed E-state index contributed by atoms with van der Waals surface area (Å²) in [5, 5.41) is 15.0. The summed E-state index contributed by atoms with van der Waals surface area (Å²) in [6.45, 7) is 6.76. The molecule has 9 heteroatoms. The van der Waals surface area contributed by atoms with Crippen LogP contribution in [0.4, 0.5) is 10.1 Å². The average Bonchev–Trinajstić information content (AvgIpc) is 3.17. The Morgan fingerprint density at radius 1 is 1.08 bits per heavy atom. The molecule has 3 heterocycles. The first kappa shape index (κ1) is 24.1. The molecule has 0 saturated carbocycles. The molecule has 0 atom stereocenters. The lowest BCUT2D eigenvalue weighted by Crippen LogP contribution is -2.57. The molecule has 1 aliphatic heterocycles. The lowest BCUT2D eigenvalue weighted by molar-refractivity contribution is 0.353. The van der Waals surface area contributed by atoms with Gasteiger partial charge in [0, 0.05) is 67.5 Å². The van der Waals surface area contributed by atoms with Gasteiger partial charge in [-0.2, -0.15) is 0 Å². The van der Waals surface area contributed by atoms with Crippen molar-refractivity contribution < 1.29 is 9.50 Å². The first-order valence-corrected chi connectivity index (χ1v) is 12.0. The molecule has 1 saturated heterocycles.